The summed E-state index contributed by atoms with van der Waals surface area (Å²) in [6.07, 6.45) is 1.12. The number of nitrogens with one attached hydrogen (secondary N) is 6. The Bertz CT molecular complexity index is 1330. The topological polar surface area (TPSA) is 228 Å². The molecule has 0 radical (unpaired) electrons. The summed E-state index contributed by atoms with van der Waals surface area (Å²) in [7, 11) is -3.59. The number of hydrogen-bond acceptors (Lipinski definition) is 9. The first-order valence-corrected chi connectivity index (χ1v) is 13.3. The molecule has 5 rings (SSSR count). The van der Waals surface area contributed by atoms with Crippen molar-refractivity contribution in [3.05, 3.63) is 29.8 Å². The number of nitrogens with zero attached hydrogens (tertiary/aromatic N) is 2. The highest BCUT2D eigenvalue weighted by molar-refractivity contribution is 7.90. The van der Waals surface area contributed by atoms with Gasteiger partial charge in [-0.3, -0.25) is 30.1 Å². The zero-order valence-electron chi connectivity index (χ0n) is 19.6. The van der Waals surface area contributed by atoms with Crippen molar-refractivity contribution in [2.45, 2.75) is 47.3 Å². The molecule has 15 nitrogen and oxygen atoms in total. The SMILES string of the molecule is CS(=O)(=O)c1cccc(C(=O)NC2CN3C(=N)N[C@@H](CN4C(=O)CCC4=O)[C@@H]4NC(=N)N[C@@]43C2(O)O)c1. The van der Waals surface area contributed by atoms with Crippen molar-refractivity contribution in [3.63, 3.8) is 0 Å². The number of amides is 3. The number of imide groups is 1. The summed E-state index contributed by atoms with van der Waals surface area (Å²) in [4.78, 5) is 39.6. The summed E-state index contributed by atoms with van der Waals surface area (Å²) in [5.74, 6) is -4.86. The molecule has 0 bridgehead atoms. The Labute approximate surface area is 211 Å². The molecule has 4 heterocycles. The van der Waals surface area contributed by atoms with E-state index in [1.54, 1.807) is 0 Å². The fourth-order valence-corrected chi connectivity index (χ4v) is 6.13. The lowest BCUT2D eigenvalue weighted by Gasteiger charge is -2.51. The molecule has 3 amide bonds. The standard InChI is InChI=1S/C21H26N8O7S/c1-37(35,36)11-4-2-3-10(7-11)17(32)25-13-9-29-19(23)24-12(8-28-14(30)5-6-15(28)31)16-20(29,21(13,33)34)27-18(22)26-16/h2-4,7,12-13,16,33-34H,5-6,8-9H2,1H3,(H2,23,24)(H,25,32)(H3,22,26,27)/t12-,13?,16-,20-/m0/s1. The van der Waals surface area contributed by atoms with Gasteiger partial charge in [-0.15, -0.1) is 0 Å². The van der Waals surface area contributed by atoms with E-state index in [2.05, 4.69) is 21.3 Å². The van der Waals surface area contributed by atoms with Gasteiger partial charge in [0.05, 0.1) is 23.5 Å². The van der Waals surface area contributed by atoms with Crippen molar-refractivity contribution in [2.75, 3.05) is 19.3 Å². The van der Waals surface area contributed by atoms with Crippen molar-refractivity contribution in [3.8, 4) is 0 Å². The van der Waals surface area contributed by atoms with Gasteiger partial charge in [-0.1, -0.05) is 6.07 Å². The molecule has 37 heavy (non-hydrogen) atoms. The lowest BCUT2D eigenvalue weighted by atomic mass is 9.84. The van der Waals surface area contributed by atoms with E-state index < -0.39 is 45.3 Å². The molecule has 4 saturated heterocycles. The summed E-state index contributed by atoms with van der Waals surface area (Å²) in [6, 6.07) is 1.98. The van der Waals surface area contributed by atoms with Crippen LogP contribution in [0.5, 0.6) is 0 Å². The zero-order valence-corrected chi connectivity index (χ0v) is 20.4. The van der Waals surface area contributed by atoms with E-state index in [4.69, 9.17) is 10.8 Å². The Kier molecular flexibility index (Phi) is 5.47. The maximum atomic E-state index is 13.0. The predicted octanol–water partition coefficient (Wildman–Crippen LogP) is -3.57. The first-order chi connectivity index (χ1) is 17.3. The number of sulfone groups is 1. The van der Waals surface area contributed by atoms with E-state index in [1.165, 1.54) is 29.2 Å². The van der Waals surface area contributed by atoms with Crippen molar-refractivity contribution >= 4 is 39.5 Å². The lowest BCUT2D eigenvalue weighted by Crippen LogP contribution is -2.81. The number of benzene rings is 1. The number of carbonyl (C=O) groups is 3. The minimum absolute atomic E-state index is 0.0277. The van der Waals surface area contributed by atoms with E-state index in [0.717, 1.165) is 11.2 Å². The van der Waals surface area contributed by atoms with Gasteiger partial charge >= 0.3 is 0 Å². The Morgan fingerprint density at radius 3 is 2.51 bits per heavy atom. The van der Waals surface area contributed by atoms with Crippen LogP contribution < -0.4 is 21.3 Å². The molecule has 4 fully saturated rings. The van der Waals surface area contributed by atoms with Gasteiger partial charge in [0, 0.05) is 31.2 Å². The average Bonchev–Trinajstić information content (AvgIpc) is 3.41. The first kappa shape index (κ1) is 24.9. The van der Waals surface area contributed by atoms with Gasteiger partial charge in [0.25, 0.3) is 5.91 Å². The van der Waals surface area contributed by atoms with Crippen LogP contribution in [-0.4, -0.2) is 107 Å². The summed E-state index contributed by atoms with van der Waals surface area (Å²) < 4.78 is 23.8. The molecule has 0 aromatic heterocycles. The highest BCUT2D eigenvalue weighted by atomic mass is 32.2. The molecule has 0 aliphatic carbocycles. The largest absolute Gasteiger partial charge is 0.361 e. The molecule has 8 N–H and O–H groups in total. The Morgan fingerprint density at radius 2 is 1.86 bits per heavy atom. The number of carbonyl (C=O) groups excluding carboxylic acids is 3. The van der Waals surface area contributed by atoms with E-state index >= 15 is 0 Å². The van der Waals surface area contributed by atoms with Crippen LogP contribution in [-0.2, 0) is 19.4 Å². The molecule has 16 heteroatoms. The van der Waals surface area contributed by atoms with E-state index in [1.807, 2.05) is 0 Å². The fourth-order valence-electron chi connectivity index (χ4n) is 5.47. The molecule has 1 spiro atoms. The van der Waals surface area contributed by atoms with Crippen molar-refractivity contribution < 1.29 is 33.0 Å². The highest BCUT2D eigenvalue weighted by Crippen LogP contribution is 2.43. The van der Waals surface area contributed by atoms with Crippen molar-refractivity contribution in [1.82, 2.24) is 31.1 Å². The number of likely N-dealkylation sites (tertiary alicyclic amines) is 1. The Balaban J connectivity index is 1.45. The van der Waals surface area contributed by atoms with Crippen LogP contribution in [0, 0.1) is 10.8 Å². The number of guanidine groups is 2. The summed E-state index contributed by atoms with van der Waals surface area (Å²) in [5, 5.41) is 50.4. The average molecular weight is 535 g/mol. The monoisotopic (exact) mass is 534 g/mol. The van der Waals surface area contributed by atoms with Gasteiger partial charge < -0.3 is 36.4 Å². The molecular formula is C21H26N8O7S. The third kappa shape index (κ3) is 3.70. The van der Waals surface area contributed by atoms with Crippen LogP contribution in [0.3, 0.4) is 0 Å². The van der Waals surface area contributed by atoms with Crippen molar-refractivity contribution in [2.24, 2.45) is 0 Å². The second-order valence-corrected chi connectivity index (χ2v) is 11.6. The second-order valence-electron chi connectivity index (χ2n) is 9.55. The Hall–Kier alpha value is -3.76. The molecule has 4 aliphatic heterocycles. The van der Waals surface area contributed by atoms with Crippen LogP contribution in [0.25, 0.3) is 0 Å². The summed E-state index contributed by atoms with van der Waals surface area (Å²) >= 11 is 0. The maximum Gasteiger partial charge on any atom is 0.251 e. The van der Waals surface area contributed by atoms with E-state index in [9.17, 15) is 33.0 Å². The molecular weight excluding hydrogens is 508 g/mol. The molecule has 0 saturated carbocycles. The van der Waals surface area contributed by atoms with E-state index in [-0.39, 0.29) is 60.1 Å². The molecule has 1 unspecified atom stereocenters. The van der Waals surface area contributed by atoms with Crippen LogP contribution >= 0.6 is 0 Å². The molecule has 4 aliphatic rings. The molecule has 4 atom stereocenters. The molecule has 1 aromatic rings. The third-order valence-electron chi connectivity index (χ3n) is 7.26. The van der Waals surface area contributed by atoms with Gasteiger partial charge in [0.15, 0.2) is 27.4 Å². The van der Waals surface area contributed by atoms with Crippen LogP contribution in [0.4, 0.5) is 0 Å². The van der Waals surface area contributed by atoms with E-state index in [0.29, 0.717) is 0 Å². The van der Waals surface area contributed by atoms with Gasteiger partial charge in [-0.25, -0.2) is 8.42 Å². The highest BCUT2D eigenvalue weighted by Gasteiger charge is 2.74. The maximum absolute atomic E-state index is 13.0. The Morgan fingerprint density at radius 1 is 1.19 bits per heavy atom. The number of aliphatic hydroxyl groups is 2. The smallest absolute Gasteiger partial charge is 0.251 e. The van der Waals surface area contributed by atoms with Gasteiger partial charge in [0.1, 0.15) is 6.04 Å². The van der Waals surface area contributed by atoms with Crippen LogP contribution in [0.15, 0.2) is 29.2 Å². The quantitative estimate of drug-likeness (QED) is 0.136. The van der Waals surface area contributed by atoms with Gasteiger partial charge in [-0.05, 0) is 18.2 Å². The fraction of sp³-hybridized carbons (Fsp3) is 0.476. The molecule has 198 valence electrons. The first-order valence-electron chi connectivity index (χ1n) is 11.4. The van der Waals surface area contributed by atoms with Crippen LogP contribution in [0.1, 0.15) is 23.2 Å². The van der Waals surface area contributed by atoms with Crippen LogP contribution in [0.2, 0.25) is 0 Å². The minimum Gasteiger partial charge on any atom is -0.361 e. The third-order valence-corrected chi connectivity index (χ3v) is 8.37. The molecule has 1 aromatic carbocycles. The summed E-state index contributed by atoms with van der Waals surface area (Å²) in [6.45, 7) is -0.434. The number of hydrogen-bond donors (Lipinski definition) is 8. The predicted molar refractivity (Wildman–Crippen MR) is 126 cm³/mol. The minimum atomic E-state index is -3.59. The number of rotatable bonds is 5. The van der Waals surface area contributed by atoms with Gasteiger partial charge in [-0.2, -0.15) is 0 Å². The normalized spacial score (nSPS) is 30.4. The van der Waals surface area contributed by atoms with Gasteiger partial charge in [0.2, 0.25) is 17.6 Å². The zero-order chi connectivity index (χ0) is 26.9. The van der Waals surface area contributed by atoms with Crippen molar-refractivity contribution in [1.29, 1.82) is 10.8 Å². The second kappa shape index (κ2) is 8.12. The lowest BCUT2D eigenvalue weighted by molar-refractivity contribution is -0.232. The summed E-state index contributed by atoms with van der Waals surface area (Å²) in [5.41, 5.74) is -1.94.